The van der Waals surface area contributed by atoms with Gasteiger partial charge in [0, 0.05) is 17.3 Å². The summed E-state index contributed by atoms with van der Waals surface area (Å²) in [5.41, 5.74) is 1.18. The van der Waals surface area contributed by atoms with E-state index in [0.717, 1.165) is 17.0 Å². The number of halogens is 1. The van der Waals surface area contributed by atoms with Gasteiger partial charge < -0.3 is 14.0 Å². The average molecular weight is 348 g/mol. The Kier molecular flexibility index (Phi) is 4.66. The van der Waals surface area contributed by atoms with Crippen LogP contribution in [-0.4, -0.2) is 34.9 Å². The Labute approximate surface area is 149 Å². The lowest BCUT2D eigenvalue weighted by Crippen LogP contribution is -2.41. The summed E-state index contributed by atoms with van der Waals surface area (Å²) in [6.07, 6.45) is 1.31. The van der Waals surface area contributed by atoms with E-state index >= 15 is 0 Å². The first-order valence-electron chi connectivity index (χ1n) is 8.75. The van der Waals surface area contributed by atoms with E-state index in [9.17, 15) is 4.39 Å². The van der Waals surface area contributed by atoms with Crippen LogP contribution >= 0.6 is 0 Å². The number of hydrogen-bond donors (Lipinski definition) is 0. The van der Waals surface area contributed by atoms with Gasteiger partial charge in [-0.25, -0.2) is 14.4 Å². The number of rotatable bonds is 4. The van der Waals surface area contributed by atoms with E-state index in [1.165, 1.54) is 0 Å². The van der Waals surface area contributed by atoms with E-state index in [4.69, 9.17) is 14.0 Å². The molecule has 1 aromatic heterocycles. The lowest BCUT2D eigenvalue weighted by molar-refractivity contribution is 0.00578. The number of hydrogen-bond acceptors (Lipinski definition) is 5. The van der Waals surface area contributed by atoms with Crippen LogP contribution in [0.2, 0.25) is 0 Å². The summed E-state index contributed by atoms with van der Waals surface area (Å²) in [5, 5.41) is 0. The molecule has 0 N–H and O–H groups in total. The summed E-state index contributed by atoms with van der Waals surface area (Å²) in [7, 11) is -0.898. The molecule has 0 atom stereocenters. The molecule has 1 aliphatic carbocycles. The van der Waals surface area contributed by atoms with Gasteiger partial charge in [-0.15, -0.1) is 0 Å². The van der Waals surface area contributed by atoms with Gasteiger partial charge in [0.15, 0.2) is 0 Å². The van der Waals surface area contributed by atoms with Crippen LogP contribution in [0.1, 0.15) is 51.9 Å². The first-order valence-corrected chi connectivity index (χ1v) is 8.75. The Morgan fingerprint density at radius 2 is 1.68 bits per heavy atom. The summed E-state index contributed by atoms with van der Waals surface area (Å²) in [6.45, 7) is 12.0. The molecule has 0 unspecified atom stereocenters. The second-order valence-electron chi connectivity index (χ2n) is 8.06. The number of nitrogens with zero attached hydrogens (tertiary/aromatic N) is 2. The number of allylic oxidation sites excluding steroid dienone is 1. The minimum absolute atomic E-state index is 0.271. The fraction of sp³-hybridized carbons (Fsp3) is 0.667. The number of aromatic nitrogens is 2. The highest BCUT2D eigenvalue weighted by molar-refractivity contribution is 6.53. The highest BCUT2D eigenvalue weighted by Crippen LogP contribution is 2.43. The maximum atomic E-state index is 14.6. The van der Waals surface area contributed by atoms with Crippen molar-refractivity contribution in [1.82, 2.24) is 9.97 Å². The van der Waals surface area contributed by atoms with Crippen LogP contribution in [0.15, 0.2) is 17.4 Å². The molecule has 2 fully saturated rings. The van der Waals surface area contributed by atoms with Gasteiger partial charge in [-0.3, -0.25) is 0 Å². The molecule has 2 aliphatic rings. The van der Waals surface area contributed by atoms with Crippen molar-refractivity contribution in [3.63, 3.8) is 0 Å². The van der Waals surface area contributed by atoms with E-state index in [1.807, 2.05) is 47.6 Å². The van der Waals surface area contributed by atoms with Gasteiger partial charge in [0.25, 0.3) is 0 Å². The van der Waals surface area contributed by atoms with Crippen molar-refractivity contribution >= 4 is 7.12 Å². The third kappa shape index (κ3) is 3.72. The van der Waals surface area contributed by atoms with Crippen molar-refractivity contribution in [3.8, 4) is 6.01 Å². The highest BCUT2D eigenvalue weighted by Gasteiger charge is 2.54. The maximum Gasteiger partial charge on any atom is 0.525 e. The second-order valence-corrected chi connectivity index (χ2v) is 8.06. The Hall–Kier alpha value is -1.47. The van der Waals surface area contributed by atoms with E-state index in [-0.39, 0.29) is 11.6 Å². The summed E-state index contributed by atoms with van der Waals surface area (Å²) in [6, 6.07) is 2.29. The second kappa shape index (κ2) is 6.36. The molecular formula is C18H26BFN2O3. The number of aryl methyl sites for hydroxylation is 2. The molecule has 2 heterocycles. The van der Waals surface area contributed by atoms with E-state index < -0.39 is 18.3 Å². The van der Waals surface area contributed by atoms with Crippen LogP contribution in [-0.2, 0) is 9.31 Å². The van der Waals surface area contributed by atoms with Gasteiger partial charge in [0.1, 0.15) is 5.73 Å². The first-order chi connectivity index (χ1) is 11.6. The van der Waals surface area contributed by atoms with Gasteiger partial charge in [0.05, 0.1) is 17.8 Å². The highest BCUT2D eigenvalue weighted by atomic mass is 19.1. The summed E-state index contributed by atoms with van der Waals surface area (Å²) in [4.78, 5) is 8.51. The van der Waals surface area contributed by atoms with Crippen molar-refractivity contribution in [2.45, 2.75) is 65.6 Å². The van der Waals surface area contributed by atoms with Crippen LogP contribution in [0.5, 0.6) is 6.01 Å². The van der Waals surface area contributed by atoms with Crippen molar-refractivity contribution < 1.29 is 18.4 Å². The van der Waals surface area contributed by atoms with Gasteiger partial charge in [-0.05, 0) is 66.0 Å². The van der Waals surface area contributed by atoms with E-state index in [1.54, 1.807) is 0 Å². The topological polar surface area (TPSA) is 53.5 Å². The lowest BCUT2D eigenvalue weighted by Gasteiger charge is -2.32. The molecule has 1 saturated heterocycles. The Balaban J connectivity index is 1.54. The van der Waals surface area contributed by atoms with Gasteiger partial charge in [0.2, 0.25) is 0 Å². The predicted molar refractivity (Wildman–Crippen MR) is 93.9 cm³/mol. The van der Waals surface area contributed by atoms with Crippen molar-refractivity contribution in [2.24, 2.45) is 5.92 Å². The summed E-state index contributed by atoms with van der Waals surface area (Å²) in [5.74, 6) is 0.271. The minimum atomic E-state index is -0.898. The SMILES string of the molecule is Cc1cc(C)nc(OCC2CC(=C(F)B3OC(C)(C)C(C)(C)O3)C2)n1. The molecule has 0 spiro atoms. The first kappa shape index (κ1) is 18.3. The van der Waals surface area contributed by atoms with Gasteiger partial charge >= 0.3 is 13.1 Å². The van der Waals surface area contributed by atoms with Crippen LogP contribution in [0, 0.1) is 19.8 Å². The zero-order chi connectivity index (χ0) is 18.4. The molecule has 1 saturated carbocycles. The third-order valence-electron chi connectivity index (χ3n) is 5.28. The Morgan fingerprint density at radius 3 is 2.20 bits per heavy atom. The van der Waals surface area contributed by atoms with Crippen molar-refractivity contribution in [2.75, 3.05) is 6.61 Å². The quantitative estimate of drug-likeness (QED) is 0.776. The largest absolute Gasteiger partial charge is 0.525 e. The Bertz CT molecular complexity index is 661. The maximum absolute atomic E-state index is 14.6. The molecule has 5 nitrogen and oxygen atoms in total. The van der Waals surface area contributed by atoms with E-state index in [0.29, 0.717) is 25.5 Å². The van der Waals surface area contributed by atoms with Crippen molar-refractivity contribution in [1.29, 1.82) is 0 Å². The standard InChI is InChI=1S/C18H26BFN2O3/c1-11-7-12(2)22-16(21-11)23-10-13-8-14(9-13)15(20)19-24-17(3,4)18(5,6)25-19/h7,13H,8-10H2,1-6H3. The summed E-state index contributed by atoms with van der Waals surface area (Å²) >= 11 is 0. The minimum Gasteiger partial charge on any atom is -0.463 e. The zero-order valence-electron chi connectivity index (χ0n) is 15.9. The smallest absolute Gasteiger partial charge is 0.463 e. The molecule has 7 heteroatoms. The van der Waals surface area contributed by atoms with Gasteiger partial charge in [-0.2, -0.15) is 0 Å². The Morgan fingerprint density at radius 1 is 1.16 bits per heavy atom. The molecule has 1 aromatic rings. The molecule has 1 aliphatic heterocycles. The molecule has 3 rings (SSSR count). The molecule has 25 heavy (non-hydrogen) atoms. The van der Waals surface area contributed by atoms with Crippen LogP contribution in [0.25, 0.3) is 0 Å². The molecule has 0 radical (unpaired) electrons. The van der Waals surface area contributed by atoms with Crippen LogP contribution in [0.4, 0.5) is 4.39 Å². The fourth-order valence-electron chi connectivity index (χ4n) is 3.01. The molecule has 0 bridgehead atoms. The predicted octanol–water partition coefficient (Wildman–Crippen LogP) is 3.74. The molecule has 0 amide bonds. The zero-order valence-corrected chi connectivity index (χ0v) is 15.9. The van der Waals surface area contributed by atoms with Crippen molar-refractivity contribution in [3.05, 3.63) is 28.8 Å². The third-order valence-corrected chi connectivity index (χ3v) is 5.28. The average Bonchev–Trinajstić information content (AvgIpc) is 2.64. The summed E-state index contributed by atoms with van der Waals surface area (Å²) < 4.78 is 31.8. The molecular weight excluding hydrogens is 322 g/mol. The van der Waals surface area contributed by atoms with Gasteiger partial charge in [-0.1, -0.05) is 0 Å². The monoisotopic (exact) mass is 348 g/mol. The molecule has 0 aromatic carbocycles. The van der Waals surface area contributed by atoms with Crippen LogP contribution < -0.4 is 4.74 Å². The van der Waals surface area contributed by atoms with Crippen LogP contribution in [0.3, 0.4) is 0 Å². The lowest BCUT2D eigenvalue weighted by atomic mass is 9.73. The fourth-order valence-corrected chi connectivity index (χ4v) is 3.01. The normalized spacial score (nSPS) is 24.2. The number of ether oxygens (including phenoxy) is 1. The molecule has 136 valence electrons. The van der Waals surface area contributed by atoms with E-state index in [2.05, 4.69) is 9.97 Å².